The van der Waals surface area contributed by atoms with Gasteiger partial charge in [-0.05, 0) is 49.6 Å². The highest BCUT2D eigenvalue weighted by Crippen LogP contribution is 2.21. The summed E-state index contributed by atoms with van der Waals surface area (Å²) in [6, 6.07) is 4.92. The van der Waals surface area contributed by atoms with Crippen molar-refractivity contribution in [2.75, 3.05) is 0 Å². The van der Waals surface area contributed by atoms with Gasteiger partial charge in [0.05, 0.1) is 0 Å². The highest BCUT2D eigenvalue weighted by molar-refractivity contribution is 6.34. The molecule has 1 atom stereocenters. The molecule has 0 aliphatic heterocycles. The van der Waals surface area contributed by atoms with E-state index in [1.54, 1.807) is 24.3 Å². The third kappa shape index (κ3) is 7.16. The van der Waals surface area contributed by atoms with Crippen LogP contribution in [-0.4, -0.2) is 23.0 Å². The largest absolute Gasteiger partial charge is 0.481 e. The van der Waals surface area contributed by atoms with Crippen LogP contribution >= 0.6 is 23.2 Å². The van der Waals surface area contributed by atoms with Crippen LogP contribution in [0.15, 0.2) is 24.3 Å². The van der Waals surface area contributed by atoms with Gasteiger partial charge in [-0.2, -0.15) is 0 Å². The van der Waals surface area contributed by atoms with Gasteiger partial charge in [-0.3, -0.25) is 9.59 Å². The van der Waals surface area contributed by atoms with Crippen LogP contribution in [0.3, 0.4) is 0 Å². The molecule has 0 aliphatic rings. The fourth-order valence-electron chi connectivity index (χ4n) is 1.73. The molecule has 0 aromatic heterocycles. The zero-order valence-electron chi connectivity index (χ0n) is 11.6. The van der Waals surface area contributed by atoms with Gasteiger partial charge in [0, 0.05) is 28.6 Å². The van der Waals surface area contributed by atoms with Gasteiger partial charge in [0.1, 0.15) is 0 Å². The molecule has 2 N–H and O–H groups in total. The first-order valence-corrected chi connectivity index (χ1v) is 7.29. The van der Waals surface area contributed by atoms with Crippen LogP contribution in [-0.2, 0) is 9.59 Å². The molecule has 0 aliphatic carbocycles. The molecule has 0 saturated heterocycles. The Bertz CT molecular complexity index is 544. The number of carbonyl (C=O) groups is 2. The second-order valence-electron chi connectivity index (χ2n) is 4.69. The normalized spacial score (nSPS) is 12.3. The summed E-state index contributed by atoms with van der Waals surface area (Å²) in [6.45, 7) is 1.83. The van der Waals surface area contributed by atoms with Crippen molar-refractivity contribution in [2.24, 2.45) is 0 Å². The quantitative estimate of drug-likeness (QED) is 0.748. The second kappa shape index (κ2) is 8.70. The number of hydrogen-bond donors (Lipinski definition) is 2. The van der Waals surface area contributed by atoms with E-state index in [1.165, 1.54) is 6.08 Å². The Kier molecular flexibility index (Phi) is 7.26. The number of rotatable bonds is 7. The lowest BCUT2D eigenvalue weighted by Crippen LogP contribution is -2.31. The van der Waals surface area contributed by atoms with Crippen LogP contribution in [0, 0.1) is 0 Å². The molecule has 0 heterocycles. The van der Waals surface area contributed by atoms with Gasteiger partial charge >= 0.3 is 5.97 Å². The minimum absolute atomic E-state index is 0.0867. The van der Waals surface area contributed by atoms with Gasteiger partial charge in [-0.1, -0.05) is 23.2 Å². The highest BCUT2D eigenvalue weighted by atomic mass is 35.5. The number of carboxylic acid groups (broad SMARTS) is 1. The van der Waals surface area contributed by atoms with Gasteiger partial charge < -0.3 is 10.4 Å². The number of hydrogen-bond acceptors (Lipinski definition) is 2. The highest BCUT2D eigenvalue weighted by Gasteiger charge is 2.06. The lowest BCUT2D eigenvalue weighted by Gasteiger charge is -2.11. The second-order valence-corrected chi connectivity index (χ2v) is 5.54. The molecule has 0 spiro atoms. The van der Waals surface area contributed by atoms with Gasteiger partial charge in [-0.15, -0.1) is 0 Å². The zero-order chi connectivity index (χ0) is 15.8. The maximum absolute atomic E-state index is 11.7. The predicted octanol–water partition coefficient (Wildman–Crippen LogP) is 3.77. The fraction of sp³-hybridized carbons (Fsp3) is 0.333. The molecule has 1 aromatic carbocycles. The molecule has 1 rings (SSSR count). The first kappa shape index (κ1) is 17.5. The van der Waals surface area contributed by atoms with Gasteiger partial charge in [0.25, 0.3) is 0 Å². The van der Waals surface area contributed by atoms with Crippen molar-refractivity contribution < 1.29 is 14.7 Å². The Hall–Kier alpha value is -1.52. The van der Waals surface area contributed by atoms with Crippen LogP contribution in [0.25, 0.3) is 6.08 Å². The van der Waals surface area contributed by atoms with Crippen molar-refractivity contribution in [3.63, 3.8) is 0 Å². The van der Waals surface area contributed by atoms with Gasteiger partial charge in [0.15, 0.2) is 0 Å². The summed E-state index contributed by atoms with van der Waals surface area (Å²) < 4.78 is 0. The van der Waals surface area contributed by atoms with Crippen LogP contribution in [0.1, 0.15) is 31.7 Å². The number of amides is 1. The minimum atomic E-state index is -0.830. The molecular weight excluding hydrogens is 313 g/mol. The molecule has 1 amide bonds. The summed E-state index contributed by atoms with van der Waals surface area (Å²) in [7, 11) is 0. The molecule has 114 valence electrons. The summed E-state index contributed by atoms with van der Waals surface area (Å²) in [4.78, 5) is 22.1. The van der Waals surface area contributed by atoms with Crippen molar-refractivity contribution in [2.45, 2.75) is 32.2 Å². The van der Waals surface area contributed by atoms with E-state index in [0.29, 0.717) is 28.5 Å². The van der Waals surface area contributed by atoms with Crippen molar-refractivity contribution in [1.29, 1.82) is 0 Å². The maximum atomic E-state index is 11.7. The van der Waals surface area contributed by atoms with Crippen LogP contribution in [0.2, 0.25) is 10.0 Å². The van der Waals surface area contributed by atoms with E-state index in [-0.39, 0.29) is 18.4 Å². The molecule has 0 fully saturated rings. The number of aliphatic carboxylic acids is 1. The van der Waals surface area contributed by atoms with Crippen molar-refractivity contribution in [1.82, 2.24) is 5.32 Å². The maximum Gasteiger partial charge on any atom is 0.303 e. The molecule has 0 radical (unpaired) electrons. The summed E-state index contributed by atoms with van der Waals surface area (Å²) in [5.41, 5.74) is 0.665. The molecule has 0 saturated carbocycles. The number of nitrogens with one attached hydrogen (secondary N) is 1. The molecule has 21 heavy (non-hydrogen) atoms. The lowest BCUT2D eigenvalue weighted by atomic mass is 10.1. The van der Waals surface area contributed by atoms with Gasteiger partial charge in [-0.25, -0.2) is 0 Å². The van der Waals surface area contributed by atoms with Crippen LogP contribution in [0.4, 0.5) is 0 Å². The van der Waals surface area contributed by atoms with Crippen molar-refractivity contribution >= 4 is 41.2 Å². The minimum Gasteiger partial charge on any atom is -0.481 e. The number of halogens is 2. The van der Waals surface area contributed by atoms with E-state index in [0.717, 1.165) is 0 Å². The molecule has 6 heteroatoms. The first-order chi connectivity index (χ1) is 9.88. The van der Waals surface area contributed by atoms with E-state index in [2.05, 4.69) is 5.32 Å². The molecule has 4 nitrogen and oxygen atoms in total. The van der Waals surface area contributed by atoms with E-state index < -0.39 is 5.97 Å². The van der Waals surface area contributed by atoms with Gasteiger partial charge in [0.2, 0.25) is 5.91 Å². The van der Waals surface area contributed by atoms with E-state index in [4.69, 9.17) is 28.3 Å². The van der Waals surface area contributed by atoms with Crippen LogP contribution < -0.4 is 5.32 Å². The lowest BCUT2D eigenvalue weighted by molar-refractivity contribution is -0.137. The third-order valence-corrected chi connectivity index (χ3v) is 3.37. The summed E-state index contributed by atoms with van der Waals surface area (Å²) in [5.74, 6) is -1.09. The average Bonchev–Trinajstić information content (AvgIpc) is 2.39. The Morgan fingerprint density at radius 1 is 1.38 bits per heavy atom. The smallest absolute Gasteiger partial charge is 0.303 e. The number of carbonyl (C=O) groups excluding carboxylic acids is 1. The predicted molar refractivity (Wildman–Crippen MR) is 84.6 cm³/mol. The molecular formula is C15H17Cl2NO3. The molecule has 0 bridgehead atoms. The monoisotopic (exact) mass is 329 g/mol. The fourth-order valence-corrected chi connectivity index (χ4v) is 2.09. The van der Waals surface area contributed by atoms with E-state index in [1.807, 2.05) is 6.92 Å². The SMILES string of the molecule is CC(CCCC(=O)O)NC(=O)/C=C/c1cc(Cl)ccc1Cl. The number of benzene rings is 1. The van der Waals surface area contributed by atoms with Crippen molar-refractivity contribution in [3.05, 3.63) is 39.9 Å². The summed E-state index contributed by atoms with van der Waals surface area (Å²) in [6.07, 6.45) is 4.22. The topological polar surface area (TPSA) is 66.4 Å². The third-order valence-electron chi connectivity index (χ3n) is 2.79. The van der Waals surface area contributed by atoms with E-state index >= 15 is 0 Å². The number of carboxylic acids is 1. The standard InChI is InChI=1S/C15H17Cl2NO3/c1-10(3-2-4-15(20)21)18-14(19)8-5-11-9-12(16)6-7-13(11)17/h5-10H,2-4H2,1H3,(H,18,19)(H,20,21)/b8-5+. The Balaban J connectivity index is 2.47. The first-order valence-electron chi connectivity index (χ1n) is 6.54. The average molecular weight is 330 g/mol. The Labute approximate surface area is 133 Å². The zero-order valence-corrected chi connectivity index (χ0v) is 13.1. The molecule has 1 aromatic rings. The van der Waals surface area contributed by atoms with E-state index in [9.17, 15) is 9.59 Å². The summed E-state index contributed by atoms with van der Waals surface area (Å²) in [5, 5.41) is 12.4. The van der Waals surface area contributed by atoms with Crippen LogP contribution in [0.5, 0.6) is 0 Å². The Morgan fingerprint density at radius 2 is 2.10 bits per heavy atom. The Morgan fingerprint density at radius 3 is 2.76 bits per heavy atom. The molecule has 1 unspecified atom stereocenters. The van der Waals surface area contributed by atoms with Crippen molar-refractivity contribution in [3.8, 4) is 0 Å². The summed E-state index contributed by atoms with van der Waals surface area (Å²) >= 11 is 11.8.